The van der Waals surface area contributed by atoms with Crippen LogP contribution in [-0.2, 0) is 19.6 Å². The first-order valence-corrected chi connectivity index (χ1v) is 9.38. The number of hydrogen-bond acceptors (Lipinski definition) is 5. The number of pyridine rings is 1. The predicted octanol–water partition coefficient (Wildman–Crippen LogP) is 1.80. The highest BCUT2D eigenvalue weighted by atomic mass is 32.2. The average molecular weight is 364 g/mol. The van der Waals surface area contributed by atoms with Gasteiger partial charge in [0.25, 0.3) is 0 Å². The molecule has 1 saturated heterocycles. The predicted molar refractivity (Wildman–Crippen MR) is 91.8 cm³/mol. The van der Waals surface area contributed by atoms with E-state index in [4.69, 9.17) is 4.74 Å². The van der Waals surface area contributed by atoms with Crippen molar-refractivity contribution in [3.63, 3.8) is 0 Å². The molecule has 1 fully saturated rings. The van der Waals surface area contributed by atoms with E-state index in [1.807, 2.05) is 0 Å². The van der Waals surface area contributed by atoms with E-state index in [2.05, 4.69) is 4.98 Å². The lowest BCUT2D eigenvalue weighted by Gasteiger charge is -2.33. The Hall–Kier alpha value is -2.03. The van der Waals surface area contributed by atoms with E-state index in [0.717, 1.165) is 4.31 Å². The van der Waals surface area contributed by atoms with Crippen LogP contribution in [0.25, 0.3) is 10.9 Å². The largest absolute Gasteiger partial charge is 0.480 e. The maximum absolute atomic E-state index is 13.3. The number of aromatic nitrogens is 1. The zero-order valence-electron chi connectivity index (χ0n) is 14.1. The van der Waals surface area contributed by atoms with Crippen LogP contribution in [0.15, 0.2) is 35.2 Å². The quantitative estimate of drug-likeness (QED) is 0.869. The second kappa shape index (κ2) is 6.36. The van der Waals surface area contributed by atoms with Gasteiger partial charge in [0.1, 0.15) is 4.90 Å². The summed E-state index contributed by atoms with van der Waals surface area (Å²) in [6, 6.07) is 8.51. The topological polar surface area (TPSA) is 96.8 Å². The van der Waals surface area contributed by atoms with Gasteiger partial charge >= 0.3 is 5.97 Å². The Kier molecular flexibility index (Phi) is 4.52. The summed E-state index contributed by atoms with van der Waals surface area (Å²) < 4.78 is 32.8. The molecular formula is C17H20N2O5S. The highest BCUT2D eigenvalue weighted by Gasteiger charge is 2.53. The molecule has 1 aliphatic rings. The Bertz CT molecular complexity index is 928. The summed E-state index contributed by atoms with van der Waals surface area (Å²) in [6.07, 6.45) is 0.679. The van der Waals surface area contributed by atoms with Crippen LogP contribution in [0, 0.1) is 6.92 Å². The van der Waals surface area contributed by atoms with Crippen molar-refractivity contribution in [1.29, 1.82) is 0 Å². The minimum absolute atomic E-state index is 0.0253. The molecule has 0 saturated carbocycles. The molecule has 1 unspecified atom stereocenters. The van der Waals surface area contributed by atoms with Gasteiger partial charge in [-0.05, 0) is 31.9 Å². The molecule has 8 heteroatoms. The molecule has 1 aromatic heterocycles. The zero-order chi connectivity index (χ0) is 18.2. The summed E-state index contributed by atoms with van der Waals surface area (Å²) in [5, 5.41) is 10.4. The van der Waals surface area contributed by atoms with Crippen LogP contribution >= 0.6 is 0 Å². The fraction of sp³-hybridized carbons (Fsp3) is 0.412. The van der Waals surface area contributed by atoms with Crippen molar-refractivity contribution in [2.75, 3.05) is 20.3 Å². The molecule has 3 rings (SSSR count). The Labute approximate surface area is 146 Å². The number of ether oxygens (including phenoxy) is 1. The fourth-order valence-electron chi connectivity index (χ4n) is 3.41. The number of carbonyl (C=O) groups is 1. The van der Waals surface area contributed by atoms with Crippen molar-refractivity contribution in [3.05, 3.63) is 36.0 Å². The summed E-state index contributed by atoms with van der Waals surface area (Å²) in [5.41, 5.74) is -0.538. The van der Waals surface area contributed by atoms with Crippen molar-refractivity contribution in [2.45, 2.75) is 30.2 Å². The lowest BCUT2D eigenvalue weighted by Crippen LogP contribution is -2.55. The number of benzene rings is 1. The van der Waals surface area contributed by atoms with E-state index in [9.17, 15) is 18.3 Å². The summed E-state index contributed by atoms with van der Waals surface area (Å²) in [5.74, 6) is -1.19. The van der Waals surface area contributed by atoms with Gasteiger partial charge < -0.3 is 9.84 Å². The molecule has 134 valence electrons. The van der Waals surface area contributed by atoms with Crippen LogP contribution in [0.3, 0.4) is 0 Å². The number of hydrogen-bond donors (Lipinski definition) is 1. The second-order valence-electron chi connectivity index (χ2n) is 6.23. The summed E-state index contributed by atoms with van der Waals surface area (Å²) >= 11 is 0. The molecular weight excluding hydrogens is 344 g/mol. The standard InChI is InChI=1S/C17H20N2O5S/c1-12-7-8-13-5-3-6-14(15(13)18-12)25(22,23)19-10-4-9-17(19,11-24-2)16(20)21/h3,5-8H,4,9-11H2,1-2H3,(H,20,21). The molecule has 0 amide bonds. The van der Waals surface area contributed by atoms with E-state index >= 15 is 0 Å². The lowest BCUT2D eigenvalue weighted by molar-refractivity contribution is -0.150. The molecule has 0 bridgehead atoms. The number of para-hydroxylation sites is 1. The van der Waals surface area contributed by atoms with Crippen LogP contribution in [0.4, 0.5) is 0 Å². The molecule has 1 atom stereocenters. The van der Waals surface area contributed by atoms with Crippen molar-refractivity contribution >= 4 is 26.9 Å². The number of carboxylic acids is 1. The highest BCUT2D eigenvalue weighted by molar-refractivity contribution is 7.89. The fourth-order valence-corrected chi connectivity index (χ4v) is 5.35. The summed E-state index contributed by atoms with van der Waals surface area (Å²) in [6.45, 7) is 1.73. The van der Waals surface area contributed by atoms with Crippen molar-refractivity contribution in [2.24, 2.45) is 0 Å². The summed E-state index contributed by atoms with van der Waals surface area (Å²) in [4.78, 5) is 16.3. The first-order valence-electron chi connectivity index (χ1n) is 7.94. The van der Waals surface area contributed by atoms with Crippen LogP contribution in [0.5, 0.6) is 0 Å². The van der Waals surface area contributed by atoms with Gasteiger partial charge in [-0.15, -0.1) is 0 Å². The molecule has 1 N–H and O–H groups in total. The van der Waals surface area contributed by atoms with Crippen LogP contribution in [-0.4, -0.2) is 54.6 Å². The normalized spacial score (nSPS) is 21.7. The first kappa shape index (κ1) is 17.8. The molecule has 1 aliphatic heterocycles. The molecule has 7 nitrogen and oxygen atoms in total. The van der Waals surface area contributed by atoms with Crippen LogP contribution < -0.4 is 0 Å². The summed E-state index contributed by atoms with van der Waals surface area (Å²) in [7, 11) is -2.68. The van der Waals surface area contributed by atoms with Gasteiger partial charge in [0, 0.05) is 24.7 Å². The molecule has 2 heterocycles. The van der Waals surface area contributed by atoms with E-state index in [-0.39, 0.29) is 24.5 Å². The first-order chi connectivity index (χ1) is 11.8. The van der Waals surface area contributed by atoms with Gasteiger partial charge in [0.05, 0.1) is 12.1 Å². The smallest absolute Gasteiger partial charge is 0.327 e. The molecule has 1 aromatic carbocycles. The Morgan fingerprint density at radius 3 is 2.80 bits per heavy atom. The Morgan fingerprint density at radius 1 is 1.36 bits per heavy atom. The van der Waals surface area contributed by atoms with Crippen molar-refractivity contribution in [1.82, 2.24) is 9.29 Å². The van der Waals surface area contributed by atoms with Crippen molar-refractivity contribution in [3.8, 4) is 0 Å². The maximum atomic E-state index is 13.3. The third-order valence-electron chi connectivity index (χ3n) is 4.60. The molecule has 25 heavy (non-hydrogen) atoms. The third-order valence-corrected chi connectivity index (χ3v) is 6.60. The number of sulfonamides is 1. The van der Waals surface area contributed by atoms with Crippen LogP contribution in [0.2, 0.25) is 0 Å². The SMILES string of the molecule is COCC1(C(=O)O)CCCN1S(=O)(=O)c1cccc2ccc(C)nc12. The maximum Gasteiger partial charge on any atom is 0.327 e. The zero-order valence-corrected chi connectivity index (χ0v) is 14.9. The monoisotopic (exact) mass is 364 g/mol. The van der Waals surface area contributed by atoms with Gasteiger partial charge in [0.15, 0.2) is 5.54 Å². The average Bonchev–Trinajstić information content (AvgIpc) is 3.00. The molecule has 0 spiro atoms. The number of nitrogens with zero attached hydrogens (tertiary/aromatic N) is 2. The second-order valence-corrected chi connectivity index (χ2v) is 8.06. The minimum atomic E-state index is -4.05. The highest BCUT2D eigenvalue weighted by Crippen LogP contribution is 2.37. The Balaban J connectivity index is 2.20. The lowest BCUT2D eigenvalue weighted by atomic mass is 9.99. The number of aryl methyl sites for hydroxylation is 1. The van der Waals surface area contributed by atoms with Crippen molar-refractivity contribution < 1.29 is 23.1 Å². The number of fused-ring (bicyclic) bond motifs is 1. The van der Waals surface area contributed by atoms with Gasteiger partial charge in [-0.3, -0.25) is 9.78 Å². The number of methoxy groups -OCH3 is 1. The number of aliphatic carboxylic acids is 1. The van der Waals surface area contributed by atoms with E-state index in [1.165, 1.54) is 13.2 Å². The van der Waals surface area contributed by atoms with Gasteiger partial charge in [-0.2, -0.15) is 4.31 Å². The van der Waals surface area contributed by atoms with E-state index in [0.29, 0.717) is 23.0 Å². The van der Waals surface area contributed by atoms with E-state index in [1.54, 1.807) is 31.2 Å². The Morgan fingerprint density at radius 2 is 2.12 bits per heavy atom. The van der Waals surface area contributed by atoms with Crippen LogP contribution in [0.1, 0.15) is 18.5 Å². The minimum Gasteiger partial charge on any atom is -0.480 e. The number of carboxylic acid groups (broad SMARTS) is 1. The molecule has 0 radical (unpaired) electrons. The molecule has 2 aromatic rings. The number of rotatable bonds is 5. The van der Waals surface area contributed by atoms with Gasteiger partial charge in [-0.25, -0.2) is 8.42 Å². The van der Waals surface area contributed by atoms with Gasteiger partial charge in [-0.1, -0.05) is 18.2 Å². The van der Waals surface area contributed by atoms with E-state index < -0.39 is 21.5 Å². The third kappa shape index (κ3) is 2.80. The molecule has 0 aliphatic carbocycles. The van der Waals surface area contributed by atoms with Gasteiger partial charge in [0.2, 0.25) is 10.0 Å².